The molecule has 112 valence electrons. The first kappa shape index (κ1) is 16.9. The molecule has 1 atom stereocenters. The van der Waals surface area contributed by atoms with E-state index in [9.17, 15) is 4.79 Å². The van der Waals surface area contributed by atoms with Gasteiger partial charge < -0.3 is 14.9 Å². The van der Waals surface area contributed by atoms with Crippen LogP contribution in [0.3, 0.4) is 0 Å². The van der Waals surface area contributed by atoms with E-state index in [1.807, 2.05) is 36.4 Å². The molecule has 0 aliphatic rings. The number of carboxylic acids is 1. The largest absolute Gasteiger partial charge is 0.479 e. The van der Waals surface area contributed by atoms with Crippen molar-refractivity contribution in [2.45, 2.75) is 26.2 Å². The molecule has 0 aromatic heterocycles. The van der Waals surface area contributed by atoms with Crippen molar-refractivity contribution in [3.63, 3.8) is 0 Å². The molecule has 21 heavy (non-hydrogen) atoms. The van der Waals surface area contributed by atoms with Gasteiger partial charge in [0.25, 0.3) is 0 Å². The second-order valence-electron chi connectivity index (χ2n) is 4.48. The van der Waals surface area contributed by atoms with Crippen molar-refractivity contribution < 1.29 is 19.7 Å². The fourth-order valence-corrected chi connectivity index (χ4v) is 1.44. The van der Waals surface area contributed by atoms with Gasteiger partial charge in [0, 0.05) is 0 Å². The van der Waals surface area contributed by atoms with Gasteiger partial charge in [0.15, 0.2) is 0 Å². The highest BCUT2D eigenvalue weighted by Gasteiger charge is 2.01. The molecule has 1 unspecified atom stereocenters. The Bertz CT molecular complexity index is 469. The Labute approximate surface area is 124 Å². The molecule has 4 heteroatoms. The third-order valence-corrected chi connectivity index (χ3v) is 2.58. The summed E-state index contributed by atoms with van der Waals surface area (Å²) in [5.74, 6) is -1.19. The topological polar surface area (TPSA) is 66.8 Å². The number of hydrogen-bond acceptors (Lipinski definition) is 3. The molecule has 0 aliphatic heterocycles. The Morgan fingerprint density at radius 3 is 1.57 bits per heavy atom. The van der Waals surface area contributed by atoms with Crippen molar-refractivity contribution in [3.05, 3.63) is 71.8 Å². The summed E-state index contributed by atoms with van der Waals surface area (Å²) in [7, 11) is 0. The van der Waals surface area contributed by atoms with Gasteiger partial charge in [-0.1, -0.05) is 60.7 Å². The van der Waals surface area contributed by atoms with Crippen molar-refractivity contribution in [3.8, 4) is 0 Å². The van der Waals surface area contributed by atoms with Gasteiger partial charge in [0.05, 0.1) is 13.2 Å². The molecule has 0 amide bonds. The third kappa shape index (κ3) is 7.87. The van der Waals surface area contributed by atoms with Crippen molar-refractivity contribution in [2.24, 2.45) is 0 Å². The first-order valence-corrected chi connectivity index (χ1v) is 6.66. The minimum absolute atomic E-state index is 0.676. The first-order valence-electron chi connectivity index (χ1n) is 6.66. The molecule has 0 spiro atoms. The predicted molar refractivity (Wildman–Crippen MR) is 80.7 cm³/mol. The normalized spacial score (nSPS) is 11.1. The van der Waals surface area contributed by atoms with E-state index in [2.05, 4.69) is 24.3 Å². The summed E-state index contributed by atoms with van der Waals surface area (Å²) in [6, 6.07) is 20.4. The predicted octanol–water partition coefficient (Wildman–Crippen LogP) is 2.86. The molecule has 0 fully saturated rings. The zero-order valence-corrected chi connectivity index (χ0v) is 12.0. The third-order valence-electron chi connectivity index (χ3n) is 2.58. The summed E-state index contributed by atoms with van der Waals surface area (Å²) in [6.45, 7) is 2.55. The molecule has 2 aromatic rings. The summed E-state index contributed by atoms with van der Waals surface area (Å²) in [5, 5.41) is 15.8. The molecular formula is C17H20O4. The minimum Gasteiger partial charge on any atom is -0.479 e. The fraction of sp³-hybridized carbons (Fsp3) is 0.235. The monoisotopic (exact) mass is 288 g/mol. The van der Waals surface area contributed by atoms with Crippen LogP contribution >= 0.6 is 0 Å². The lowest BCUT2D eigenvalue weighted by Crippen LogP contribution is -2.13. The van der Waals surface area contributed by atoms with Crippen LogP contribution in [0.25, 0.3) is 0 Å². The zero-order valence-electron chi connectivity index (χ0n) is 12.0. The maximum atomic E-state index is 9.45. The van der Waals surface area contributed by atoms with Crippen LogP contribution in [0, 0.1) is 0 Å². The maximum Gasteiger partial charge on any atom is 0.332 e. The van der Waals surface area contributed by atoms with Crippen molar-refractivity contribution in [1.29, 1.82) is 0 Å². The van der Waals surface area contributed by atoms with Crippen LogP contribution in [0.2, 0.25) is 0 Å². The molecule has 0 saturated heterocycles. The Kier molecular flexibility index (Phi) is 7.79. The van der Waals surface area contributed by atoms with Gasteiger partial charge in [-0.25, -0.2) is 4.79 Å². The Morgan fingerprint density at radius 2 is 1.29 bits per heavy atom. The maximum absolute atomic E-state index is 9.45. The highest BCUT2D eigenvalue weighted by Crippen LogP contribution is 2.05. The molecule has 2 N–H and O–H groups in total. The molecule has 0 saturated carbocycles. The highest BCUT2D eigenvalue weighted by molar-refractivity contribution is 5.71. The molecule has 0 aliphatic carbocycles. The molecule has 0 radical (unpaired) electrons. The zero-order chi connectivity index (χ0) is 15.5. The Balaban J connectivity index is 0.000000315. The van der Waals surface area contributed by atoms with Gasteiger partial charge in [-0.3, -0.25) is 0 Å². The molecule has 2 rings (SSSR count). The summed E-state index contributed by atoms with van der Waals surface area (Å²) in [4.78, 5) is 9.45. The van der Waals surface area contributed by atoms with E-state index in [-0.39, 0.29) is 0 Å². The lowest BCUT2D eigenvalue weighted by Gasteiger charge is -2.03. The van der Waals surface area contributed by atoms with E-state index < -0.39 is 12.1 Å². The van der Waals surface area contributed by atoms with Crippen LogP contribution in [0.4, 0.5) is 0 Å². The van der Waals surface area contributed by atoms with Crippen molar-refractivity contribution >= 4 is 5.97 Å². The average Bonchev–Trinajstić information content (AvgIpc) is 2.50. The van der Waals surface area contributed by atoms with E-state index >= 15 is 0 Å². The van der Waals surface area contributed by atoms with E-state index in [0.29, 0.717) is 13.2 Å². The lowest BCUT2D eigenvalue weighted by molar-refractivity contribution is -0.145. The van der Waals surface area contributed by atoms with Crippen LogP contribution in [-0.4, -0.2) is 22.3 Å². The van der Waals surface area contributed by atoms with Crippen molar-refractivity contribution in [2.75, 3.05) is 0 Å². The number of benzene rings is 2. The van der Waals surface area contributed by atoms with Crippen LogP contribution in [0.5, 0.6) is 0 Å². The molecule has 2 aromatic carbocycles. The van der Waals surface area contributed by atoms with Crippen LogP contribution < -0.4 is 0 Å². The minimum atomic E-state index is -1.23. The SMILES string of the molecule is CC(O)C(=O)O.c1ccc(COCc2ccccc2)cc1. The summed E-state index contributed by atoms with van der Waals surface area (Å²) in [5.41, 5.74) is 2.43. The van der Waals surface area contributed by atoms with Crippen LogP contribution in [0.1, 0.15) is 18.1 Å². The van der Waals surface area contributed by atoms with Crippen molar-refractivity contribution in [1.82, 2.24) is 0 Å². The van der Waals surface area contributed by atoms with Crippen LogP contribution in [-0.2, 0) is 22.7 Å². The second kappa shape index (κ2) is 9.69. The second-order valence-corrected chi connectivity index (χ2v) is 4.48. The van der Waals surface area contributed by atoms with E-state index in [1.54, 1.807) is 0 Å². The Hall–Kier alpha value is -2.17. The Morgan fingerprint density at radius 1 is 0.952 bits per heavy atom. The van der Waals surface area contributed by atoms with Gasteiger partial charge in [-0.15, -0.1) is 0 Å². The van der Waals surface area contributed by atoms with Gasteiger partial charge in [-0.2, -0.15) is 0 Å². The highest BCUT2D eigenvalue weighted by atomic mass is 16.5. The average molecular weight is 288 g/mol. The first-order chi connectivity index (χ1) is 10.1. The smallest absolute Gasteiger partial charge is 0.332 e. The van der Waals surface area contributed by atoms with Crippen LogP contribution in [0.15, 0.2) is 60.7 Å². The summed E-state index contributed by atoms with van der Waals surface area (Å²) < 4.78 is 5.61. The molecule has 0 heterocycles. The number of rotatable bonds is 5. The van der Waals surface area contributed by atoms with Gasteiger partial charge >= 0.3 is 5.97 Å². The van der Waals surface area contributed by atoms with E-state index in [1.165, 1.54) is 18.1 Å². The number of carboxylic acid groups (broad SMARTS) is 1. The molecule has 0 bridgehead atoms. The number of aliphatic hydroxyl groups excluding tert-OH is 1. The number of carbonyl (C=O) groups is 1. The van der Waals surface area contributed by atoms with E-state index in [4.69, 9.17) is 14.9 Å². The van der Waals surface area contributed by atoms with Gasteiger partial charge in [-0.05, 0) is 18.1 Å². The van der Waals surface area contributed by atoms with Gasteiger partial charge in [0.2, 0.25) is 0 Å². The summed E-state index contributed by atoms with van der Waals surface area (Å²) >= 11 is 0. The number of hydrogen-bond donors (Lipinski definition) is 2. The molecular weight excluding hydrogens is 268 g/mol. The fourth-order valence-electron chi connectivity index (χ4n) is 1.44. The lowest BCUT2D eigenvalue weighted by atomic mass is 10.2. The van der Waals surface area contributed by atoms with Gasteiger partial charge in [0.1, 0.15) is 6.10 Å². The number of ether oxygens (including phenoxy) is 1. The summed E-state index contributed by atoms with van der Waals surface area (Å²) in [6.07, 6.45) is -1.23. The molecule has 4 nitrogen and oxygen atoms in total. The standard InChI is InChI=1S/C14H14O.C3H6O3/c1-3-7-13(8-4-1)11-15-12-14-9-5-2-6-10-14;1-2(4)3(5)6/h1-10H,11-12H2;2,4H,1H3,(H,5,6). The van der Waals surface area contributed by atoms with E-state index in [0.717, 1.165) is 0 Å². The number of aliphatic carboxylic acids is 1. The quantitative estimate of drug-likeness (QED) is 0.888. The number of aliphatic hydroxyl groups is 1.